The number of hydrogen-bond donors (Lipinski definition) is 0. The summed E-state index contributed by atoms with van der Waals surface area (Å²) in [5, 5.41) is 0. The fourth-order valence-corrected chi connectivity index (χ4v) is 4.92. The third kappa shape index (κ3) is 6.15. The second kappa shape index (κ2) is 10.9. The molecule has 0 aromatic heterocycles. The van der Waals surface area contributed by atoms with Crippen LogP contribution in [0.5, 0.6) is 0 Å². The molecule has 1 saturated carbocycles. The van der Waals surface area contributed by atoms with Gasteiger partial charge in [-0.15, -0.1) is 0 Å². The molecule has 2 aromatic rings. The van der Waals surface area contributed by atoms with Crippen LogP contribution in [0, 0.1) is 0 Å². The number of rotatable bonds is 10. The highest BCUT2D eigenvalue weighted by molar-refractivity contribution is 5.27. The number of halogens is 1. The molecule has 3 rings (SSSR count). The molecule has 1 nitrogen and oxygen atoms in total. The molecule has 3 atom stereocenters. The van der Waals surface area contributed by atoms with E-state index < -0.39 is 6.17 Å². The highest BCUT2D eigenvalue weighted by atomic mass is 19.1. The second-order valence-corrected chi connectivity index (χ2v) is 8.96. The van der Waals surface area contributed by atoms with Crippen molar-refractivity contribution in [1.82, 2.24) is 4.90 Å². The van der Waals surface area contributed by atoms with Gasteiger partial charge < -0.3 is 0 Å². The standard InChI is InChI=1S/C27H38FN/c1-4-25(29(21(2)3)20-19-22-9-6-5-7-10-22)18-15-23-13-16-24(17-14-23)26-11-8-12-27(26)28/h5-7,9-10,13-14,16-17,21,25-27H,4,8,11-12,15,18-20H2,1-3H3. The molecular weight excluding hydrogens is 357 g/mol. The monoisotopic (exact) mass is 395 g/mol. The van der Waals surface area contributed by atoms with Crippen LogP contribution in [0.25, 0.3) is 0 Å². The Morgan fingerprint density at radius 2 is 1.62 bits per heavy atom. The minimum atomic E-state index is -0.644. The molecule has 0 bridgehead atoms. The third-order valence-electron chi connectivity index (χ3n) is 6.71. The van der Waals surface area contributed by atoms with Gasteiger partial charge in [0, 0.05) is 24.5 Å². The molecule has 0 saturated heterocycles. The van der Waals surface area contributed by atoms with Crippen molar-refractivity contribution in [2.75, 3.05) is 6.54 Å². The minimum absolute atomic E-state index is 0.127. The third-order valence-corrected chi connectivity index (χ3v) is 6.71. The van der Waals surface area contributed by atoms with E-state index in [1.54, 1.807) is 0 Å². The van der Waals surface area contributed by atoms with Crippen molar-refractivity contribution in [1.29, 1.82) is 0 Å². The fourth-order valence-electron chi connectivity index (χ4n) is 4.92. The Labute approximate surface area is 177 Å². The lowest BCUT2D eigenvalue weighted by atomic mass is 9.94. The fraction of sp³-hybridized carbons (Fsp3) is 0.556. The molecular formula is C27H38FN. The smallest absolute Gasteiger partial charge is 0.107 e. The molecule has 1 aliphatic carbocycles. The van der Waals surface area contributed by atoms with Gasteiger partial charge in [-0.2, -0.15) is 0 Å². The molecule has 0 heterocycles. The summed E-state index contributed by atoms with van der Waals surface area (Å²) in [5.41, 5.74) is 3.99. The maximum atomic E-state index is 14.0. The number of nitrogens with zero attached hydrogens (tertiary/aromatic N) is 1. The zero-order valence-corrected chi connectivity index (χ0v) is 18.5. The number of alkyl halides is 1. The Balaban J connectivity index is 1.56. The average Bonchev–Trinajstić information content (AvgIpc) is 3.17. The first kappa shape index (κ1) is 22.0. The zero-order valence-electron chi connectivity index (χ0n) is 18.5. The van der Waals surface area contributed by atoms with E-state index in [4.69, 9.17) is 0 Å². The second-order valence-electron chi connectivity index (χ2n) is 8.96. The van der Waals surface area contributed by atoms with E-state index in [2.05, 4.69) is 80.3 Å². The summed E-state index contributed by atoms with van der Waals surface area (Å²) in [7, 11) is 0. The molecule has 1 aliphatic rings. The van der Waals surface area contributed by atoms with Crippen LogP contribution in [0.15, 0.2) is 54.6 Å². The van der Waals surface area contributed by atoms with E-state index in [0.717, 1.165) is 38.6 Å². The molecule has 1 fully saturated rings. The van der Waals surface area contributed by atoms with E-state index in [0.29, 0.717) is 12.1 Å². The molecule has 0 spiro atoms. The largest absolute Gasteiger partial charge is 0.298 e. The first-order valence-electron chi connectivity index (χ1n) is 11.6. The van der Waals surface area contributed by atoms with Gasteiger partial charge in [0.15, 0.2) is 0 Å². The predicted octanol–water partition coefficient (Wildman–Crippen LogP) is 6.96. The van der Waals surface area contributed by atoms with Crippen LogP contribution in [0.3, 0.4) is 0 Å². The first-order valence-corrected chi connectivity index (χ1v) is 11.6. The van der Waals surface area contributed by atoms with Crippen molar-refractivity contribution in [3.05, 3.63) is 71.3 Å². The van der Waals surface area contributed by atoms with Gasteiger partial charge in [-0.1, -0.05) is 61.5 Å². The van der Waals surface area contributed by atoms with Crippen LogP contribution in [-0.2, 0) is 12.8 Å². The quantitative estimate of drug-likeness (QED) is 0.420. The van der Waals surface area contributed by atoms with Crippen LogP contribution in [0.1, 0.15) is 75.5 Å². The molecule has 3 unspecified atom stereocenters. The van der Waals surface area contributed by atoms with E-state index in [1.807, 2.05) is 0 Å². The number of benzene rings is 2. The van der Waals surface area contributed by atoms with Gasteiger partial charge in [0.25, 0.3) is 0 Å². The lowest BCUT2D eigenvalue weighted by Gasteiger charge is -2.35. The van der Waals surface area contributed by atoms with Gasteiger partial charge in [-0.3, -0.25) is 4.90 Å². The molecule has 2 heteroatoms. The Morgan fingerprint density at radius 3 is 2.21 bits per heavy atom. The molecule has 29 heavy (non-hydrogen) atoms. The molecule has 0 amide bonds. The molecule has 158 valence electrons. The van der Waals surface area contributed by atoms with Gasteiger partial charge in [0.2, 0.25) is 0 Å². The summed E-state index contributed by atoms with van der Waals surface area (Å²) >= 11 is 0. The average molecular weight is 396 g/mol. The Morgan fingerprint density at radius 1 is 0.931 bits per heavy atom. The van der Waals surface area contributed by atoms with Gasteiger partial charge in [-0.05, 0) is 75.5 Å². The van der Waals surface area contributed by atoms with E-state index in [1.165, 1.54) is 29.5 Å². The first-order chi connectivity index (χ1) is 14.1. The molecule has 0 radical (unpaired) electrons. The van der Waals surface area contributed by atoms with Crippen LogP contribution >= 0.6 is 0 Å². The molecule has 2 aromatic carbocycles. The topological polar surface area (TPSA) is 3.24 Å². The van der Waals surface area contributed by atoms with Crippen LogP contribution in [0.4, 0.5) is 4.39 Å². The van der Waals surface area contributed by atoms with Crippen molar-refractivity contribution in [2.45, 2.75) is 89.9 Å². The van der Waals surface area contributed by atoms with Crippen molar-refractivity contribution < 1.29 is 4.39 Å². The van der Waals surface area contributed by atoms with Crippen molar-refractivity contribution in [3.63, 3.8) is 0 Å². The number of aryl methyl sites for hydroxylation is 1. The predicted molar refractivity (Wildman–Crippen MR) is 122 cm³/mol. The van der Waals surface area contributed by atoms with Crippen molar-refractivity contribution in [2.24, 2.45) is 0 Å². The summed E-state index contributed by atoms with van der Waals surface area (Å²) in [6, 6.07) is 20.8. The maximum Gasteiger partial charge on any atom is 0.107 e. The van der Waals surface area contributed by atoms with Gasteiger partial charge >= 0.3 is 0 Å². The van der Waals surface area contributed by atoms with E-state index >= 15 is 0 Å². The zero-order chi connectivity index (χ0) is 20.6. The number of hydrogen-bond acceptors (Lipinski definition) is 1. The van der Waals surface area contributed by atoms with Crippen molar-refractivity contribution in [3.8, 4) is 0 Å². The highest BCUT2D eigenvalue weighted by Crippen LogP contribution is 2.36. The van der Waals surface area contributed by atoms with E-state index in [9.17, 15) is 4.39 Å². The summed E-state index contributed by atoms with van der Waals surface area (Å²) in [6.45, 7) is 8.06. The van der Waals surface area contributed by atoms with Crippen LogP contribution in [-0.4, -0.2) is 29.7 Å². The van der Waals surface area contributed by atoms with Crippen LogP contribution < -0.4 is 0 Å². The summed E-state index contributed by atoms with van der Waals surface area (Å²) in [5.74, 6) is 0.127. The summed E-state index contributed by atoms with van der Waals surface area (Å²) in [4.78, 5) is 2.67. The van der Waals surface area contributed by atoms with Crippen LogP contribution in [0.2, 0.25) is 0 Å². The Kier molecular flexibility index (Phi) is 8.29. The molecule has 0 N–H and O–H groups in total. The Bertz CT molecular complexity index is 709. The Hall–Kier alpha value is -1.67. The SMILES string of the molecule is CCC(CCc1ccc(C2CCCC2F)cc1)N(CCc1ccccc1)C(C)C. The summed E-state index contributed by atoms with van der Waals surface area (Å²) < 4.78 is 14.0. The van der Waals surface area contributed by atoms with E-state index in [-0.39, 0.29) is 5.92 Å². The van der Waals surface area contributed by atoms with Gasteiger partial charge in [0.05, 0.1) is 0 Å². The van der Waals surface area contributed by atoms with Crippen molar-refractivity contribution >= 4 is 0 Å². The minimum Gasteiger partial charge on any atom is -0.298 e. The van der Waals surface area contributed by atoms with Gasteiger partial charge in [-0.25, -0.2) is 4.39 Å². The molecule has 0 aliphatic heterocycles. The summed E-state index contributed by atoms with van der Waals surface area (Å²) in [6.07, 6.45) is 6.68. The normalized spacial score (nSPS) is 20.5. The maximum absolute atomic E-state index is 14.0. The lowest BCUT2D eigenvalue weighted by Crippen LogP contribution is -2.41. The lowest BCUT2D eigenvalue weighted by molar-refractivity contribution is 0.143. The highest BCUT2D eigenvalue weighted by Gasteiger charge is 2.28. The van der Waals surface area contributed by atoms with Gasteiger partial charge in [0.1, 0.15) is 6.17 Å².